The third-order valence-corrected chi connectivity index (χ3v) is 13.9. The second-order valence-electron chi connectivity index (χ2n) is 21.0. The first-order valence-electron chi connectivity index (χ1n) is 29.6. The van der Waals surface area contributed by atoms with Crippen molar-refractivity contribution in [3.05, 3.63) is 198 Å². The molecule has 0 radical (unpaired) electrons. The van der Waals surface area contributed by atoms with E-state index in [0.29, 0.717) is 62.9 Å². The van der Waals surface area contributed by atoms with Gasteiger partial charge in [-0.25, -0.2) is 32.7 Å². The van der Waals surface area contributed by atoms with Gasteiger partial charge in [0.15, 0.2) is 17.5 Å². The molecule has 0 bridgehead atoms. The number of benzene rings is 3. The van der Waals surface area contributed by atoms with Crippen molar-refractivity contribution < 1.29 is 107 Å². The number of ether oxygens (including phenoxy) is 3. The second kappa shape index (κ2) is 37.5. The Kier molecular flexibility index (Phi) is 30.9. The number of nitrogen functional groups attached to an aromatic ring is 2. The molecule has 0 spiro atoms. The molecule has 544 valence electrons. The fraction of sp³-hybridized carbons (Fsp3) is 0.250. The zero-order valence-electron chi connectivity index (χ0n) is 55.4. The van der Waals surface area contributed by atoms with E-state index in [2.05, 4.69) is 50.9 Å². The summed E-state index contributed by atoms with van der Waals surface area (Å²) in [5, 5.41) is 40.6. The molecular formula is C64H62Cl3F9LiN15O11. The van der Waals surface area contributed by atoms with E-state index in [-0.39, 0.29) is 87.9 Å². The van der Waals surface area contributed by atoms with Crippen LogP contribution in [0.3, 0.4) is 0 Å². The van der Waals surface area contributed by atoms with Crippen molar-refractivity contribution in [2.75, 3.05) is 47.2 Å². The number of carbonyl (C=O) groups excluding carboxylic acids is 3. The van der Waals surface area contributed by atoms with Crippen molar-refractivity contribution in [1.82, 2.24) is 43.8 Å². The van der Waals surface area contributed by atoms with Crippen LogP contribution in [0.25, 0.3) is 34.8 Å². The van der Waals surface area contributed by atoms with Crippen molar-refractivity contribution in [3.63, 3.8) is 0 Å². The summed E-state index contributed by atoms with van der Waals surface area (Å²) >= 11 is 17.9. The minimum Gasteiger partial charge on any atom is -0.870 e. The molecule has 0 aliphatic carbocycles. The molecule has 0 saturated carbocycles. The van der Waals surface area contributed by atoms with Crippen LogP contribution in [0.2, 0.25) is 15.9 Å². The predicted molar refractivity (Wildman–Crippen MR) is 361 cm³/mol. The van der Waals surface area contributed by atoms with Crippen molar-refractivity contribution in [2.45, 2.75) is 85.1 Å². The first-order chi connectivity index (χ1) is 47.4. The van der Waals surface area contributed by atoms with Gasteiger partial charge in [0.2, 0.25) is 15.9 Å². The van der Waals surface area contributed by atoms with Crippen LogP contribution in [-0.4, -0.2) is 103 Å². The van der Waals surface area contributed by atoms with Crippen LogP contribution in [0.15, 0.2) is 122 Å². The number of nitrogens with one attached hydrogen (secondary N) is 3. The quantitative estimate of drug-likeness (QED) is 0.00603. The molecular weight excluding hydrogens is 1440 g/mol. The van der Waals surface area contributed by atoms with Gasteiger partial charge in [-0.3, -0.25) is 10.1 Å². The number of halogens is 12. The molecule has 9 rings (SSSR count). The monoisotopic (exact) mass is 1500 g/mol. The Morgan fingerprint density at radius 3 is 1.13 bits per heavy atom. The van der Waals surface area contributed by atoms with E-state index >= 15 is 0 Å². The van der Waals surface area contributed by atoms with Crippen LogP contribution >= 0.6 is 34.8 Å². The third-order valence-electron chi connectivity index (χ3n) is 13.4. The molecule has 6 heterocycles. The Labute approximate surface area is 606 Å². The van der Waals surface area contributed by atoms with Crippen LogP contribution in [0.1, 0.15) is 117 Å². The van der Waals surface area contributed by atoms with E-state index in [9.17, 15) is 68.8 Å². The number of nitrogens with two attached hydrogens (primary N) is 2. The van der Waals surface area contributed by atoms with E-state index in [1.165, 1.54) is 63.0 Å². The summed E-state index contributed by atoms with van der Waals surface area (Å²) < 4.78 is 137. The number of anilines is 5. The summed E-state index contributed by atoms with van der Waals surface area (Å²) in [6, 6.07) is 12.0. The fourth-order valence-electron chi connectivity index (χ4n) is 8.97. The number of nitro benzene ring substituents is 1. The van der Waals surface area contributed by atoms with Crippen molar-refractivity contribution in [3.8, 4) is 0 Å². The molecule has 0 aliphatic rings. The molecule has 0 fully saturated rings. The molecule has 26 nitrogen and oxygen atoms in total. The molecule has 3 aromatic carbocycles. The van der Waals surface area contributed by atoms with Gasteiger partial charge in [0, 0.05) is 66.4 Å². The molecule has 6 aromatic heterocycles. The Morgan fingerprint density at radius 2 is 0.835 bits per heavy atom. The number of hydrogen-bond donors (Lipinski definition) is 6. The number of aromatic nitrogens is 9. The number of allylic oxidation sites excluding steroid dienone is 1. The van der Waals surface area contributed by atoms with Crippen molar-refractivity contribution >= 4 is 128 Å². The molecule has 39 heteroatoms. The minimum absolute atomic E-state index is 0. The normalized spacial score (nSPS) is 12.5. The van der Waals surface area contributed by atoms with Gasteiger partial charge >= 0.3 is 61.3 Å². The number of rotatable bonds is 20. The molecule has 9 aromatic rings. The largest absolute Gasteiger partial charge is 1.00 e. The first-order valence-corrected chi connectivity index (χ1v) is 30.7. The molecule has 0 aliphatic heterocycles. The standard InChI is InChI=1S/C20H17ClF3N5O4.C20H19ClF3N5O2.C18H15ClF3N5O2.C6H10O2.Li.H2O/c1-3-33-17(30)5-4-12-6-16-18(26-19(21)27-28(16)10-12)25-11(2)13-7-14(20(22,23)24)9-15(8-13)29(31)32;1-3-31-17(30)5-4-12-6-16-18(27-19(21)28-29(16)10-12)26-11(2)13-7-14(20(22,23)24)9-15(25)8-13;1-9(11-5-12(18(20,21)22)7-13(23)6-11)24-16-14-4-10(2-3-15(28)29)8-27(14)26-17(19)25-16;1-3-5-6(7)8-4-2;;/h4-11H,3H2,1-2H3,(H,25,26,27);4-11H,3,25H2,1-2H3,(H,26,27,28);2-9H,23H2,1H3,(H,28,29)(H,24,25,26);3,5H,4H2,1-2H3;;1H2/q;;;;+1;/p-1/b2*5-4+;3-2+;5-3+;;/t2*11-;9-;;;/m111.../s1. The summed E-state index contributed by atoms with van der Waals surface area (Å²) in [7, 11) is 0. The second-order valence-corrected chi connectivity index (χ2v) is 22.0. The van der Waals surface area contributed by atoms with E-state index in [4.69, 9.17) is 60.9 Å². The number of non-ortho nitro benzene ring substituents is 1. The topological polar surface area (TPSA) is 368 Å². The zero-order valence-corrected chi connectivity index (χ0v) is 57.6. The van der Waals surface area contributed by atoms with Crippen LogP contribution in [0, 0.1) is 10.1 Å². The molecule has 3 atom stereocenters. The number of esters is 3. The molecule has 0 amide bonds. The maximum absolute atomic E-state index is 13.2. The number of nitrogens with zero attached hydrogens (tertiary/aromatic N) is 10. The summed E-state index contributed by atoms with van der Waals surface area (Å²) in [5.41, 5.74) is 11.5. The number of hydrogen-bond acceptors (Lipinski definition) is 21. The number of aliphatic carboxylic acids is 1. The summed E-state index contributed by atoms with van der Waals surface area (Å²) in [4.78, 5) is 66.6. The van der Waals surface area contributed by atoms with E-state index < -0.39 is 81.9 Å². The van der Waals surface area contributed by atoms with Crippen LogP contribution in [0.4, 0.5) is 74.0 Å². The predicted octanol–water partition coefficient (Wildman–Crippen LogP) is 12.0. The van der Waals surface area contributed by atoms with Gasteiger partial charge in [0.25, 0.3) is 5.69 Å². The first kappa shape index (κ1) is 85.0. The maximum atomic E-state index is 13.2. The molecule has 0 saturated heterocycles. The Hall–Kier alpha value is -10.4. The van der Waals surface area contributed by atoms with Crippen molar-refractivity contribution in [1.29, 1.82) is 0 Å². The van der Waals surface area contributed by atoms with Crippen molar-refractivity contribution in [2.24, 2.45) is 0 Å². The average molecular weight is 1500 g/mol. The molecule has 0 unspecified atom stereocenters. The average Bonchev–Trinajstić information content (AvgIpc) is 1.70. The Balaban J connectivity index is 0.000000308. The SMILES string of the molecule is C/C=C/C(=O)OCC.CCOC(=O)/C=C/c1cc2c(N[C@H](C)c3cc(N)cc(C(F)(F)F)c3)nc(Cl)nn2c1.CCOC(=O)/C=C/c1cc2c(N[C@H](C)c3cc([N+](=O)[O-])cc(C(F)(F)F)c3)nc(Cl)nn2c1.C[C@@H](Nc1nc(Cl)nn2cc(/C=C/C(=O)O)cc12)c1cc(N)cc(C(F)(F)F)c1.[Li+].[OH-]. The Bertz CT molecular complexity index is 4630. The Morgan fingerprint density at radius 1 is 0.534 bits per heavy atom. The maximum Gasteiger partial charge on any atom is 1.00 e. The van der Waals surface area contributed by atoms with Gasteiger partial charge in [-0.1, -0.05) is 6.08 Å². The van der Waals surface area contributed by atoms with E-state index in [1.54, 1.807) is 90.5 Å². The molecule has 9 N–H and O–H groups in total. The number of nitro groups is 1. The number of carbonyl (C=O) groups is 4. The van der Waals surface area contributed by atoms with Crippen LogP contribution < -0.4 is 46.3 Å². The number of carboxylic acid groups (broad SMARTS) is 1. The summed E-state index contributed by atoms with van der Waals surface area (Å²) in [6.07, 6.45) is 1.83. The minimum atomic E-state index is -4.76. The van der Waals surface area contributed by atoms with Gasteiger partial charge < -0.3 is 52.2 Å². The van der Waals surface area contributed by atoms with Gasteiger partial charge in [0.1, 0.15) is 16.6 Å². The smallest absolute Gasteiger partial charge is 0.870 e. The van der Waals surface area contributed by atoms with E-state index in [0.717, 1.165) is 42.5 Å². The summed E-state index contributed by atoms with van der Waals surface area (Å²) in [5.74, 6) is -1.65. The third kappa shape index (κ3) is 25.2. The number of fused-ring (bicyclic) bond motifs is 3. The van der Waals surface area contributed by atoms with Crippen LogP contribution in [-0.2, 0) is 51.9 Å². The molecule has 103 heavy (non-hydrogen) atoms. The fourth-order valence-corrected chi connectivity index (χ4v) is 9.47. The van der Waals surface area contributed by atoms with Gasteiger partial charge in [0.05, 0.1) is 59.6 Å². The van der Waals surface area contributed by atoms with Gasteiger partial charge in [-0.15, -0.1) is 15.3 Å². The number of alkyl halides is 9. The van der Waals surface area contributed by atoms with Crippen LogP contribution in [0.5, 0.6) is 0 Å². The van der Waals surface area contributed by atoms with E-state index in [1.807, 2.05) is 0 Å². The number of carboxylic acids is 1. The summed E-state index contributed by atoms with van der Waals surface area (Å²) in [6.45, 7) is 12.7. The van der Waals surface area contributed by atoms with Gasteiger partial charge in [-0.05, 0) is 196 Å². The van der Waals surface area contributed by atoms with Gasteiger partial charge in [-0.2, -0.15) is 54.5 Å². The zero-order chi connectivity index (χ0) is 74.8.